The van der Waals surface area contributed by atoms with Gasteiger partial charge in [-0.25, -0.2) is 4.79 Å². The quantitative estimate of drug-likeness (QED) is 0.293. The highest BCUT2D eigenvalue weighted by Gasteiger charge is 2.53. The van der Waals surface area contributed by atoms with Crippen LogP contribution in [0.3, 0.4) is 0 Å². The lowest BCUT2D eigenvalue weighted by Gasteiger charge is -2.48. The van der Waals surface area contributed by atoms with Crippen LogP contribution in [0.1, 0.15) is 11.4 Å². The van der Waals surface area contributed by atoms with E-state index in [-0.39, 0.29) is 22.4 Å². The number of aliphatic carboxylic acids is 1. The SMILES string of the molecule is Nc1nc(/C(=N/Oc2cccc(C(F)(F)F)c2)C(=O)NC2C(=O)N3C(C(=O)O)=CCS[C@H]23)ns1. The molecule has 16 heteroatoms. The number of aromatic nitrogens is 2. The number of thioether (sulfide) groups is 1. The van der Waals surface area contributed by atoms with Gasteiger partial charge in [0.15, 0.2) is 10.9 Å². The van der Waals surface area contributed by atoms with Crippen molar-refractivity contribution in [1.29, 1.82) is 0 Å². The standard InChI is InChI=1S/C18H13F3N6O5S2/c19-18(20,21)7-2-1-3-8(6-7)32-25-10(12-24-17(22)34-26-12)13(28)23-11-14(29)27-9(16(30)31)4-5-33-15(11)27/h1-4,6,11,15H,5H2,(H,23,28)(H,30,31)(H2,22,24,26)/b25-10-/t11?,15-/m1/s1. The average molecular weight is 514 g/mol. The second kappa shape index (κ2) is 8.94. The number of nitrogen functional groups attached to an aromatic ring is 1. The van der Waals surface area contributed by atoms with Crippen molar-refractivity contribution >= 4 is 51.9 Å². The van der Waals surface area contributed by atoms with E-state index in [0.29, 0.717) is 11.8 Å². The number of benzene rings is 1. The van der Waals surface area contributed by atoms with Gasteiger partial charge >= 0.3 is 12.1 Å². The van der Waals surface area contributed by atoms with Crippen molar-refractivity contribution in [3.05, 3.63) is 47.4 Å². The third kappa shape index (κ3) is 4.54. The van der Waals surface area contributed by atoms with E-state index in [2.05, 4.69) is 19.8 Å². The van der Waals surface area contributed by atoms with Crippen LogP contribution in [0.2, 0.25) is 0 Å². The highest BCUT2D eigenvalue weighted by molar-refractivity contribution is 8.00. The summed E-state index contributed by atoms with van der Waals surface area (Å²) in [5.41, 5.74) is 3.84. The minimum Gasteiger partial charge on any atom is -0.477 e. The maximum Gasteiger partial charge on any atom is 0.416 e. The van der Waals surface area contributed by atoms with E-state index in [1.807, 2.05) is 0 Å². The van der Waals surface area contributed by atoms with Crippen molar-refractivity contribution in [2.45, 2.75) is 17.6 Å². The Morgan fingerprint density at radius 1 is 1.35 bits per heavy atom. The molecule has 0 saturated carbocycles. The molecule has 2 aliphatic heterocycles. The molecule has 0 bridgehead atoms. The first-order valence-corrected chi connectivity index (χ1v) is 11.1. The van der Waals surface area contributed by atoms with Crippen LogP contribution in [0.4, 0.5) is 18.3 Å². The van der Waals surface area contributed by atoms with Crippen LogP contribution < -0.4 is 15.9 Å². The van der Waals surface area contributed by atoms with E-state index in [4.69, 9.17) is 10.6 Å². The fourth-order valence-corrected chi connectivity index (χ4v) is 4.72. The van der Waals surface area contributed by atoms with E-state index in [9.17, 15) is 32.7 Å². The van der Waals surface area contributed by atoms with Crippen LogP contribution in [0.25, 0.3) is 0 Å². The number of carbonyl (C=O) groups is 3. The average Bonchev–Trinajstić information content (AvgIpc) is 3.22. The van der Waals surface area contributed by atoms with E-state index >= 15 is 0 Å². The lowest BCUT2D eigenvalue weighted by Crippen LogP contribution is -2.70. The summed E-state index contributed by atoms with van der Waals surface area (Å²) >= 11 is 1.98. The van der Waals surface area contributed by atoms with Crippen molar-refractivity contribution < 1.29 is 37.5 Å². The third-order valence-electron chi connectivity index (χ3n) is 4.62. The van der Waals surface area contributed by atoms with E-state index < -0.39 is 46.7 Å². The highest BCUT2D eigenvalue weighted by atomic mass is 32.2. The minimum absolute atomic E-state index is 0.0143. The molecule has 34 heavy (non-hydrogen) atoms. The predicted molar refractivity (Wildman–Crippen MR) is 114 cm³/mol. The summed E-state index contributed by atoms with van der Waals surface area (Å²) in [5.74, 6) is -3.15. The van der Waals surface area contributed by atoms with Crippen LogP contribution in [0.5, 0.6) is 5.75 Å². The number of carbonyl (C=O) groups excluding carboxylic acids is 2. The van der Waals surface area contributed by atoms with Crippen molar-refractivity contribution in [2.75, 3.05) is 11.5 Å². The molecule has 1 saturated heterocycles. The second-order valence-electron chi connectivity index (χ2n) is 6.79. The summed E-state index contributed by atoms with van der Waals surface area (Å²) in [6.45, 7) is 0. The summed E-state index contributed by atoms with van der Waals surface area (Å²) in [5, 5.41) is 14.6. The maximum absolute atomic E-state index is 12.9. The molecule has 1 aromatic heterocycles. The molecule has 2 atom stereocenters. The zero-order valence-corrected chi connectivity index (χ0v) is 18.3. The fraction of sp³-hybridized carbons (Fsp3) is 0.222. The van der Waals surface area contributed by atoms with Crippen molar-refractivity contribution in [3.8, 4) is 5.75 Å². The Hall–Kier alpha value is -3.66. The van der Waals surface area contributed by atoms with Crippen LogP contribution in [-0.2, 0) is 20.6 Å². The van der Waals surface area contributed by atoms with E-state index in [1.54, 1.807) is 0 Å². The Bertz CT molecular complexity index is 1230. The molecule has 178 valence electrons. The molecule has 0 spiro atoms. The monoisotopic (exact) mass is 514 g/mol. The molecule has 1 aromatic carbocycles. The minimum atomic E-state index is -4.62. The molecule has 1 fully saturated rings. The van der Waals surface area contributed by atoms with Crippen LogP contribution in [0, 0.1) is 0 Å². The Morgan fingerprint density at radius 3 is 2.76 bits per heavy atom. The number of halogens is 3. The summed E-state index contributed by atoms with van der Waals surface area (Å²) in [6.07, 6.45) is -3.23. The zero-order valence-electron chi connectivity index (χ0n) is 16.6. The number of rotatable bonds is 6. The molecular weight excluding hydrogens is 501 g/mol. The Kier molecular flexibility index (Phi) is 6.18. The van der Waals surface area contributed by atoms with Crippen molar-refractivity contribution in [2.24, 2.45) is 5.16 Å². The second-order valence-corrected chi connectivity index (χ2v) is 8.72. The number of anilines is 1. The van der Waals surface area contributed by atoms with Crippen molar-refractivity contribution in [3.63, 3.8) is 0 Å². The molecule has 2 aromatic rings. The number of hydrogen-bond acceptors (Lipinski definition) is 10. The van der Waals surface area contributed by atoms with Crippen LogP contribution >= 0.6 is 23.3 Å². The molecule has 1 unspecified atom stereocenters. The molecule has 0 aliphatic carbocycles. The first-order valence-electron chi connectivity index (χ1n) is 9.27. The van der Waals surface area contributed by atoms with Crippen molar-refractivity contribution in [1.82, 2.24) is 19.6 Å². The fourth-order valence-electron chi connectivity index (χ4n) is 3.09. The largest absolute Gasteiger partial charge is 0.477 e. The van der Waals surface area contributed by atoms with E-state index in [1.165, 1.54) is 23.9 Å². The molecule has 0 radical (unpaired) electrons. The van der Waals surface area contributed by atoms with Gasteiger partial charge < -0.3 is 21.0 Å². The number of nitrogens with two attached hydrogens (primary N) is 1. The number of hydrogen-bond donors (Lipinski definition) is 3. The first-order chi connectivity index (χ1) is 16.1. The van der Waals surface area contributed by atoms with Gasteiger partial charge in [-0.15, -0.1) is 11.8 Å². The van der Waals surface area contributed by atoms with Gasteiger partial charge in [0.05, 0.1) is 5.56 Å². The summed E-state index contributed by atoms with van der Waals surface area (Å²) in [6, 6.07) is 2.75. The van der Waals surface area contributed by atoms with Gasteiger partial charge in [-0.05, 0) is 24.3 Å². The van der Waals surface area contributed by atoms with Gasteiger partial charge in [0.25, 0.3) is 11.8 Å². The number of carboxylic acid groups (broad SMARTS) is 1. The molecule has 2 aliphatic rings. The number of alkyl halides is 3. The maximum atomic E-state index is 12.9. The van der Waals surface area contributed by atoms with Gasteiger partial charge in [0.2, 0.25) is 11.5 Å². The topological polar surface area (TPSA) is 160 Å². The van der Waals surface area contributed by atoms with Crippen LogP contribution in [-0.4, -0.2) is 60.0 Å². The van der Waals surface area contributed by atoms with Gasteiger partial charge in [0.1, 0.15) is 17.1 Å². The number of nitrogens with zero attached hydrogens (tertiary/aromatic N) is 4. The van der Waals surface area contributed by atoms with Gasteiger partial charge in [-0.1, -0.05) is 11.2 Å². The number of oxime groups is 1. The Balaban J connectivity index is 1.56. The lowest BCUT2D eigenvalue weighted by molar-refractivity contribution is -0.150. The lowest BCUT2D eigenvalue weighted by atomic mass is 10.0. The number of carboxylic acids is 1. The number of β-lactam (4-membered cyclic amide) rings is 1. The molecule has 11 nitrogen and oxygen atoms in total. The first kappa shape index (κ1) is 23.5. The summed E-state index contributed by atoms with van der Waals surface area (Å²) in [4.78, 5) is 46.6. The molecule has 4 rings (SSSR count). The number of amides is 2. The summed E-state index contributed by atoms with van der Waals surface area (Å²) in [7, 11) is 0. The number of nitrogens with one attached hydrogen (secondary N) is 1. The van der Waals surface area contributed by atoms with Gasteiger partial charge in [-0.2, -0.15) is 22.5 Å². The Labute approximate surface area is 196 Å². The summed E-state index contributed by atoms with van der Waals surface area (Å²) < 4.78 is 42.7. The molecule has 4 N–H and O–H groups in total. The van der Waals surface area contributed by atoms with E-state index in [0.717, 1.165) is 28.6 Å². The highest BCUT2D eigenvalue weighted by Crippen LogP contribution is 2.37. The van der Waals surface area contributed by atoms with Gasteiger partial charge in [-0.3, -0.25) is 14.5 Å². The molecule has 2 amide bonds. The smallest absolute Gasteiger partial charge is 0.416 e. The molecule has 3 heterocycles. The number of fused-ring (bicyclic) bond motifs is 1. The van der Waals surface area contributed by atoms with Crippen LogP contribution in [0.15, 0.2) is 41.2 Å². The van der Waals surface area contributed by atoms with Gasteiger partial charge in [0, 0.05) is 17.3 Å². The third-order valence-corrected chi connectivity index (χ3v) is 6.35. The molecular formula is C18H13F3N6O5S2. The predicted octanol–water partition coefficient (Wildman–Crippen LogP) is 1.29. The normalized spacial score (nSPS) is 20.2. The zero-order chi connectivity index (χ0) is 24.6. The Morgan fingerprint density at radius 2 is 2.12 bits per heavy atom.